The van der Waals surface area contributed by atoms with Crippen LogP contribution in [0, 0.1) is 0 Å². The Morgan fingerprint density at radius 3 is 2.62 bits per heavy atom. The van der Waals surface area contributed by atoms with Gasteiger partial charge in [0.15, 0.2) is 6.61 Å². The standard InChI is InChI=1S/C21H16ClNO3/c22-18-7-3-1-5-14(18)12-23-21(24)13-25-15-9-10-20-17(11-15)16-6-2-4-8-19(16)26-20/h1-11H,12-13H2,(H,23,24). The van der Waals surface area contributed by atoms with E-state index in [1.54, 1.807) is 12.1 Å². The van der Waals surface area contributed by atoms with Gasteiger partial charge >= 0.3 is 0 Å². The first-order chi connectivity index (χ1) is 12.7. The molecule has 0 saturated carbocycles. The molecule has 4 rings (SSSR count). The van der Waals surface area contributed by atoms with Crippen LogP contribution in [0.1, 0.15) is 5.56 Å². The van der Waals surface area contributed by atoms with E-state index < -0.39 is 0 Å². The lowest BCUT2D eigenvalue weighted by atomic mass is 10.1. The van der Waals surface area contributed by atoms with E-state index in [9.17, 15) is 4.79 Å². The summed E-state index contributed by atoms with van der Waals surface area (Å²) >= 11 is 6.08. The lowest BCUT2D eigenvalue weighted by molar-refractivity contribution is -0.123. The second kappa shape index (κ2) is 7.10. The Hall–Kier alpha value is -2.98. The second-order valence-corrected chi connectivity index (χ2v) is 6.32. The number of hydrogen-bond acceptors (Lipinski definition) is 3. The molecule has 0 atom stereocenters. The SMILES string of the molecule is O=C(COc1ccc2oc3ccccc3c2c1)NCc1ccccc1Cl. The molecular weight excluding hydrogens is 350 g/mol. The van der Waals surface area contributed by atoms with Gasteiger partial charge in [0.1, 0.15) is 16.9 Å². The minimum atomic E-state index is -0.206. The van der Waals surface area contributed by atoms with Crippen LogP contribution in [0.5, 0.6) is 5.75 Å². The van der Waals surface area contributed by atoms with Gasteiger partial charge in [-0.25, -0.2) is 0 Å². The fourth-order valence-corrected chi connectivity index (χ4v) is 3.03. The zero-order valence-electron chi connectivity index (χ0n) is 13.9. The van der Waals surface area contributed by atoms with Crippen molar-refractivity contribution >= 4 is 39.4 Å². The van der Waals surface area contributed by atoms with Crippen LogP contribution in [0.25, 0.3) is 21.9 Å². The number of rotatable bonds is 5. The number of para-hydroxylation sites is 1. The molecule has 26 heavy (non-hydrogen) atoms. The number of ether oxygens (including phenoxy) is 1. The Morgan fingerprint density at radius 2 is 1.73 bits per heavy atom. The molecule has 5 heteroatoms. The Kier molecular flexibility index (Phi) is 4.50. The molecule has 130 valence electrons. The molecule has 0 spiro atoms. The Morgan fingerprint density at radius 1 is 0.962 bits per heavy atom. The molecule has 0 bridgehead atoms. The first kappa shape index (κ1) is 16.5. The third-order valence-corrected chi connectivity index (χ3v) is 4.52. The molecule has 0 saturated heterocycles. The van der Waals surface area contributed by atoms with E-state index in [-0.39, 0.29) is 12.5 Å². The van der Waals surface area contributed by atoms with E-state index in [4.69, 9.17) is 20.8 Å². The van der Waals surface area contributed by atoms with Crippen LogP contribution in [0.2, 0.25) is 5.02 Å². The molecule has 0 unspecified atom stereocenters. The van der Waals surface area contributed by atoms with E-state index in [0.29, 0.717) is 17.3 Å². The van der Waals surface area contributed by atoms with Gasteiger partial charge in [-0.05, 0) is 35.9 Å². The summed E-state index contributed by atoms with van der Waals surface area (Å²) < 4.78 is 11.4. The van der Waals surface area contributed by atoms with Crippen LogP contribution < -0.4 is 10.1 Å². The zero-order chi connectivity index (χ0) is 17.9. The molecule has 1 N–H and O–H groups in total. The van der Waals surface area contributed by atoms with Crippen LogP contribution in [-0.2, 0) is 11.3 Å². The number of furan rings is 1. The number of halogens is 1. The average molecular weight is 366 g/mol. The number of carbonyl (C=O) groups excluding carboxylic acids is 1. The van der Waals surface area contributed by atoms with Crippen LogP contribution in [0.15, 0.2) is 71.1 Å². The summed E-state index contributed by atoms with van der Waals surface area (Å²) in [6.07, 6.45) is 0. The number of nitrogens with one attached hydrogen (secondary N) is 1. The second-order valence-electron chi connectivity index (χ2n) is 5.91. The fourth-order valence-electron chi connectivity index (χ4n) is 2.83. The molecule has 1 heterocycles. The summed E-state index contributed by atoms with van der Waals surface area (Å²) in [6.45, 7) is 0.305. The van der Waals surface area contributed by atoms with Gasteiger partial charge in [0, 0.05) is 22.3 Å². The summed E-state index contributed by atoms with van der Waals surface area (Å²) in [4.78, 5) is 12.0. The minimum absolute atomic E-state index is 0.0637. The van der Waals surface area contributed by atoms with Gasteiger partial charge < -0.3 is 14.5 Å². The highest BCUT2D eigenvalue weighted by Gasteiger charge is 2.09. The van der Waals surface area contributed by atoms with Crippen molar-refractivity contribution in [1.29, 1.82) is 0 Å². The third kappa shape index (κ3) is 3.37. The zero-order valence-corrected chi connectivity index (χ0v) is 14.6. The van der Waals surface area contributed by atoms with Crippen molar-refractivity contribution in [1.82, 2.24) is 5.32 Å². The first-order valence-electron chi connectivity index (χ1n) is 8.25. The molecule has 4 nitrogen and oxygen atoms in total. The molecule has 0 aliphatic rings. The van der Waals surface area contributed by atoms with Crippen molar-refractivity contribution in [3.63, 3.8) is 0 Å². The van der Waals surface area contributed by atoms with Crippen LogP contribution in [0.3, 0.4) is 0 Å². The third-order valence-electron chi connectivity index (χ3n) is 4.15. The number of amides is 1. The normalized spacial score (nSPS) is 11.0. The monoisotopic (exact) mass is 365 g/mol. The number of benzene rings is 3. The summed E-state index contributed by atoms with van der Waals surface area (Å²) in [7, 11) is 0. The Balaban J connectivity index is 1.42. The molecule has 1 amide bonds. The fraction of sp³-hybridized carbons (Fsp3) is 0.0952. The van der Waals surface area contributed by atoms with E-state index >= 15 is 0 Å². The topological polar surface area (TPSA) is 51.5 Å². The van der Waals surface area contributed by atoms with Crippen LogP contribution >= 0.6 is 11.6 Å². The maximum absolute atomic E-state index is 12.0. The van der Waals surface area contributed by atoms with Crippen molar-refractivity contribution < 1.29 is 13.9 Å². The van der Waals surface area contributed by atoms with Gasteiger partial charge in [-0.2, -0.15) is 0 Å². The lowest BCUT2D eigenvalue weighted by Crippen LogP contribution is -2.28. The van der Waals surface area contributed by atoms with E-state index in [2.05, 4.69) is 5.32 Å². The van der Waals surface area contributed by atoms with Gasteiger partial charge in [0.2, 0.25) is 0 Å². The van der Waals surface area contributed by atoms with Gasteiger partial charge in [0.05, 0.1) is 0 Å². The Labute approximate surface area is 155 Å². The number of carbonyl (C=O) groups is 1. The molecular formula is C21H16ClNO3. The molecule has 1 aromatic heterocycles. The minimum Gasteiger partial charge on any atom is -0.484 e. The quantitative estimate of drug-likeness (QED) is 0.545. The highest BCUT2D eigenvalue weighted by Crippen LogP contribution is 2.31. The van der Waals surface area contributed by atoms with Gasteiger partial charge in [-0.3, -0.25) is 4.79 Å². The Bertz CT molecular complexity index is 1090. The van der Waals surface area contributed by atoms with Crippen molar-refractivity contribution in [2.24, 2.45) is 0 Å². The van der Waals surface area contributed by atoms with Gasteiger partial charge in [-0.1, -0.05) is 48.0 Å². The van der Waals surface area contributed by atoms with Gasteiger partial charge in [0.25, 0.3) is 5.91 Å². The van der Waals surface area contributed by atoms with E-state index in [1.165, 1.54) is 0 Å². The molecule has 0 fully saturated rings. The molecule has 4 aromatic rings. The first-order valence-corrected chi connectivity index (χ1v) is 8.63. The maximum atomic E-state index is 12.0. The highest BCUT2D eigenvalue weighted by molar-refractivity contribution is 6.31. The molecule has 0 radical (unpaired) electrons. The summed E-state index contributed by atoms with van der Waals surface area (Å²) in [5.41, 5.74) is 2.49. The molecule has 0 aliphatic carbocycles. The predicted octanol–water partition coefficient (Wildman–Crippen LogP) is 4.93. The maximum Gasteiger partial charge on any atom is 0.258 e. The average Bonchev–Trinajstić information content (AvgIpc) is 3.04. The summed E-state index contributed by atoms with van der Waals surface area (Å²) in [6, 6.07) is 20.8. The van der Waals surface area contributed by atoms with Crippen molar-refractivity contribution in [3.8, 4) is 5.75 Å². The van der Waals surface area contributed by atoms with Crippen molar-refractivity contribution in [3.05, 3.63) is 77.3 Å². The van der Waals surface area contributed by atoms with Crippen molar-refractivity contribution in [2.75, 3.05) is 6.61 Å². The van der Waals surface area contributed by atoms with Crippen molar-refractivity contribution in [2.45, 2.75) is 6.54 Å². The molecule has 3 aromatic carbocycles. The largest absolute Gasteiger partial charge is 0.484 e. The van der Waals surface area contributed by atoms with E-state index in [1.807, 2.05) is 54.6 Å². The summed E-state index contributed by atoms with van der Waals surface area (Å²) in [5.74, 6) is 0.416. The highest BCUT2D eigenvalue weighted by atomic mass is 35.5. The van der Waals surface area contributed by atoms with Crippen LogP contribution in [0.4, 0.5) is 0 Å². The number of fused-ring (bicyclic) bond motifs is 3. The summed E-state index contributed by atoms with van der Waals surface area (Å²) in [5, 5.41) is 5.43. The lowest BCUT2D eigenvalue weighted by Gasteiger charge is -2.08. The number of hydrogen-bond donors (Lipinski definition) is 1. The molecule has 0 aliphatic heterocycles. The van der Waals surface area contributed by atoms with Gasteiger partial charge in [-0.15, -0.1) is 0 Å². The van der Waals surface area contributed by atoms with E-state index in [0.717, 1.165) is 27.5 Å². The smallest absolute Gasteiger partial charge is 0.258 e. The van der Waals surface area contributed by atoms with Crippen LogP contribution in [-0.4, -0.2) is 12.5 Å². The predicted molar refractivity (Wildman–Crippen MR) is 103 cm³/mol.